The van der Waals surface area contributed by atoms with Crippen molar-refractivity contribution in [3.05, 3.63) is 42.5 Å². The van der Waals surface area contributed by atoms with Crippen molar-refractivity contribution in [3.63, 3.8) is 0 Å². The van der Waals surface area contributed by atoms with Gasteiger partial charge < -0.3 is 16.4 Å². The SMILES string of the molecule is C1CCCCC1.CN(C)c1cccc(-c2cccc(N)c2N)c1. The minimum absolute atomic E-state index is 0.623. The molecule has 4 N–H and O–H groups in total. The van der Waals surface area contributed by atoms with Crippen molar-refractivity contribution in [2.75, 3.05) is 30.5 Å². The molecule has 2 aromatic carbocycles. The lowest BCUT2D eigenvalue weighted by molar-refractivity contribution is 0.504. The predicted molar refractivity (Wildman–Crippen MR) is 103 cm³/mol. The highest BCUT2D eigenvalue weighted by atomic mass is 15.1. The molecule has 23 heavy (non-hydrogen) atoms. The number of hydrogen-bond donors (Lipinski definition) is 2. The van der Waals surface area contributed by atoms with E-state index in [0.29, 0.717) is 11.4 Å². The van der Waals surface area contributed by atoms with Crippen LogP contribution in [0.2, 0.25) is 0 Å². The summed E-state index contributed by atoms with van der Waals surface area (Å²) in [4.78, 5) is 2.06. The van der Waals surface area contributed by atoms with Crippen LogP contribution in [0.5, 0.6) is 0 Å². The normalized spacial score (nSPS) is 13.8. The van der Waals surface area contributed by atoms with Crippen molar-refractivity contribution in [3.8, 4) is 11.1 Å². The number of rotatable bonds is 2. The van der Waals surface area contributed by atoms with Crippen LogP contribution >= 0.6 is 0 Å². The Kier molecular flexibility index (Phi) is 6.33. The summed E-state index contributed by atoms with van der Waals surface area (Å²) in [5, 5.41) is 0. The monoisotopic (exact) mass is 311 g/mol. The second kappa shape index (κ2) is 8.47. The highest BCUT2D eigenvalue weighted by molar-refractivity contribution is 5.85. The molecule has 1 saturated carbocycles. The molecule has 1 aliphatic rings. The van der Waals surface area contributed by atoms with Gasteiger partial charge in [-0.1, -0.05) is 62.8 Å². The van der Waals surface area contributed by atoms with Gasteiger partial charge >= 0.3 is 0 Å². The fourth-order valence-corrected chi connectivity index (χ4v) is 2.85. The van der Waals surface area contributed by atoms with Crippen molar-refractivity contribution >= 4 is 17.1 Å². The Balaban J connectivity index is 0.000000268. The van der Waals surface area contributed by atoms with Gasteiger partial charge in [0, 0.05) is 25.3 Å². The van der Waals surface area contributed by atoms with Crippen LogP contribution < -0.4 is 16.4 Å². The van der Waals surface area contributed by atoms with E-state index < -0.39 is 0 Å². The van der Waals surface area contributed by atoms with Crippen LogP contribution in [0.1, 0.15) is 38.5 Å². The van der Waals surface area contributed by atoms with Gasteiger partial charge in [0.05, 0.1) is 11.4 Å². The molecule has 124 valence electrons. The van der Waals surface area contributed by atoms with E-state index in [-0.39, 0.29) is 0 Å². The Labute approximate surface area is 140 Å². The van der Waals surface area contributed by atoms with E-state index in [2.05, 4.69) is 17.0 Å². The lowest BCUT2D eigenvalue weighted by Crippen LogP contribution is -2.08. The zero-order valence-corrected chi connectivity index (χ0v) is 14.4. The molecule has 2 aromatic rings. The Morgan fingerprint density at radius 2 is 1.35 bits per heavy atom. The third-order valence-corrected chi connectivity index (χ3v) is 4.31. The molecule has 0 aliphatic heterocycles. The van der Waals surface area contributed by atoms with Crippen LogP contribution in [0.25, 0.3) is 11.1 Å². The fraction of sp³-hybridized carbons (Fsp3) is 0.400. The maximum absolute atomic E-state index is 6.00. The molecule has 0 saturated heterocycles. The second-order valence-electron chi connectivity index (χ2n) is 6.37. The molecule has 0 spiro atoms. The lowest BCUT2D eigenvalue weighted by Gasteiger charge is -2.14. The summed E-state index contributed by atoms with van der Waals surface area (Å²) in [6.07, 6.45) is 9.00. The Bertz CT molecular complexity index is 605. The van der Waals surface area contributed by atoms with Gasteiger partial charge in [-0.25, -0.2) is 0 Å². The summed E-state index contributed by atoms with van der Waals surface area (Å²) < 4.78 is 0. The third-order valence-electron chi connectivity index (χ3n) is 4.31. The van der Waals surface area contributed by atoms with Gasteiger partial charge in [0.2, 0.25) is 0 Å². The number of benzene rings is 2. The van der Waals surface area contributed by atoms with Gasteiger partial charge in [0.25, 0.3) is 0 Å². The van der Waals surface area contributed by atoms with Crippen molar-refractivity contribution in [1.82, 2.24) is 0 Å². The minimum atomic E-state index is 0.623. The van der Waals surface area contributed by atoms with Gasteiger partial charge in [-0.15, -0.1) is 0 Å². The van der Waals surface area contributed by atoms with Crippen LogP contribution in [0.15, 0.2) is 42.5 Å². The van der Waals surface area contributed by atoms with E-state index in [1.807, 2.05) is 44.4 Å². The first-order valence-electron chi connectivity index (χ1n) is 8.51. The van der Waals surface area contributed by atoms with Gasteiger partial charge in [-0.2, -0.15) is 0 Å². The molecule has 0 bridgehead atoms. The third kappa shape index (κ3) is 4.92. The quantitative estimate of drug-likeness (QED) is 0.774. The summed E-state index contributed by atoms with van der Waals surface area (Å²) in [7, 11) is 4.03. The first-order valence-corrected chi connectivity index (χ1v) is 8.51. The standard InChI is InChI=1S/C14H17N3.C6H12/c1-17(2)11-6-3-5-10(9-11)12-7-4-8-13(15)14(12)16;1-2-4-6-5-3-1/h3-9H,15-16H2,1-2H3;1-6H2. The van der Waals surface area contributed by atoms with Crippen LogP contribution in [0, 0.1) is 0 Å². The van der Waals surface area contributed by atoms with E-state index >= 15 is 0 Å². The van der Waals surface area contributed by atoms with Gasteiger partial charge in [0.1, 0.15) is 0 Å². The molecule has 3 rings (SSSR count). The van der Waals surface area contributed by atoms with Crippen LogP contribution in [0.3, 0.4) is 0 Å². The minimum Gasteiger partial charge on any atom is -0.397 e. The highest BCUT2D eigenvalue weighted by Gasteiger charge is 2.06. The van der Waals surface area contributed by atoms with Crippen LogP contribution in [-0.2, 0) is 0 Å². The average Bonchev–Trinajstić information content (AvgIpc) is 2.59. The fourth-order valence-electron chi connectivity index (χ4n) is 2.85. The van der Waals surface area contributed by atoms with Gasteiger partial charge in [-0.05, 0) is 23.8 Å². The van der Waals surface area contributed by atoms with Crippen molar-refractivity contribution < 1.29 is 0 Å². The van der Waals surface area contributed by atoms with Crippen molar-refractivity contribution in [2.45, 2.75) is 38.5 Å². The zero-order chi connectivity index (χ0) is 16.7. The zero-order valence-electron chi connectivity index (χ0n) is 14.4. The molecule has 0 atom stereocenters. The van der Waals surface area contributed by atoms with E-state index in [0.717, 1.165) is 16.8 Å². The van der Waals surface area contributed by atoms with E-state index in [1.54, 1.807) is 0 Å². The molecule has 0 aromatic heterocycles. The molecule has 1 fully saturated rings. The van der Waals surface area contributed by atoms with E-state index in [1.165, 1.54) is 38.5 Å². The summed E-state index contributed by atoms with van der Waals surface area (Å²) in [6.45, 7) is 0. The van der Waals surface area contributed by atoms with Crippen LogP contribution in [-0.4, -0.2) is 14.1 Å². The number of para-hydroxylation sites is 1. The number of nitrogens with two attached hydrogens (primary N) is 2. The summed E-state index contributed by atoms with van der Waals surface area (Å²) >= 11 is 0. The van der Waals surface area contributed by atoms with E-state index in [4.69, 9.17) is 11.5 Å². The summed E-state index contributed by atoms with van der Waals surface area (Å²) in [6, 6.07) is 13.9. The number of hydrogen-bond acceptors (Lipinski definition) is 3. The van der Waals surface area contributed by atoms with Gasteiger partial charge in [0.15, 0.2) is 0 Å². The molecule has 0 unspecified atom stereocenters. The predicted octanol–water partition coefficient (Wildman–Crippen LogP) is 4.92. The van der Waals surface area contributed by atoms with Crippen LogP contribution in [0.4, 0.5) is 17.1 Å². The van der Waals surface area contributed by atoms with Crippen molar-refractivity contribution in [1.29, 1.82) is 0 Å². The number of nitrogen functional groups attached to an aromatic ring is 2. The molecule has 0 heterocycles. The highest BCUT2D eigenvalue weighted by Crippen LogP contribution is 2.31. The molecular formula is C20H29N3. The van der Waals surface area contributed by atoms with Crippen molar-refractivity contribution in [2.24, 2.45) is 0 Å². The molecule has 3 nitrogen and oxygen atoms in total. The first kappa shape index (κ1) is 17.2. The molecular weight excluding hydrogens is 282 g/mol. The molecule has 3 heteroatoms. The molecule has 1 aliphatic carbocycles. The summed E-state index contributed by atoms with van der Waals surface area (Å²) in [5.41, 5.74) is 16.3. The lowest BCUT2D eigenvalue weighted by atomic mass is 10.0. The number of nitrogens with zero attached hydrogens (tertiary/aromatic N) is 1. The Morgan fingerprint density at radius 3 is 1.91 bits per heavy atom. The average molecular weight is 311 g/mol. The largest absolute Gasteiger partial charge is 0.397 e. The van der Waals surface area contributed by atoms with E-state index in [9.17, 15) is 0 Å². The Morgan fingerprint density at radius 1 is 0.783 bits per heavy atom. The molecule has 0 radical (unpaired) electrons. The first-order chi connectivity index (χ1) is 11.1. The second-order valence-corrected chi connectivity index (χ2v) is 6.37. The molecule has 0 amide bonds. The van der Waals surface area contributed by atoms with Gasteiger partial charge in [-0.3, -0.25) is 0 Å². The maximum Gasteiger partial charge on any atom is 0.0627 e. The topological polar surface area (TPSA) is 55.3 Å². The number of anilines is 3. The maximum atomic E-state index is 6.00. The summed E-state index contributed by atoms with van der Waals surface area (Å²) in [5.74, 6) is 0. The smallest absolute Gasteiger partial charge is 0.0627 e. The Hall–Kier alpha value is -2.16.